The number of benzene rings is 1. The Balaban J connectivity index is 2.52. The molecule has 0 amide bonds. The highest BCUT2D eigenvalue weighted by Gasteiger charge is 2.11. The molecule has 4 heteroatoms. The van der Waals surface area contributed by atoms with Crippen LogP contribution in [-0.2, 0) is 11.2 Å². The molecule has 0 fully saturated rings. The molecule has 0 unspecified atom stereocenters. The lowest BCUT2D eigenvalue weighted by Crippen LogP contribution is -2.03. The third-order valence-corrected chi connectivity index (χ3v) is 5.24. The minimum atomic E-state index is -0.462. The van der Waals surface area contributed by atoms with Crippen LogP contribution in [0.4, 0.5) is 0 Å². The maximum atomic E-state index is 11.3. The number of ether oxygens (including phenoxy) is 1. The molecule has 4 nitrogen and oxygen atoms in total. The molecule has 0 aromatic heterocycles. The lowest BCUT2D eigenvalue weighted by Gasteiger charge is -2.10. The number of allylic oxidation sites excluding steroid dienone is 8. The zero-order valence-corrected chi connectivity index (χ0v) is 20.6. The van der Waals surface area contributed by atoms with Crippen LogP contribution in [0.15, 0.2) is 58.7 Å². The van der Waals surface area contributed by atoms with Crippen LogP contribution in [0.25, 0.3) is 0 Å². The predicted octanol–water partition coefficient (Wildman–Crippen LogP) is 7.71. The summed E-state index contributed by atoms with van der Waals surface area (Å²) in [4.78, 5) is 11.3. The summed E-state index contributed by atoms with van der Waals surface area (Å²) in [6.07, 6.45) is 15.9. The van der Waals surface area contributed by atoms with Crippen LogP contribution in [0.3, 0.4) is 0 Å². The molecule has 176 valence electrons. The van der Waals surface area contributed by atoms with E-state index in [1.54, 1.807) is 0 Å². The molecule has 0 aliphatic carbocycles. The van der Waals surface area contributed by atoms with Crippen molar-refractivity contribution in [2.24, 2.45) is 0 Å². The van der Waals surface area contributed by atoms with Crippen molar-refractivity contribution in [2.75, 3.05) is 0 Å². The SMILES string of the molecule is CC(=O)Oc1cc(O)c(O)cc1CC=C(C)CCC=C(C)CCC=C(C)CCC=C(C)C. The topological polar surface area (TPSA) is 66.8 Å². The van der Waals surface area contributed by atoms with E-state index >= 15 is 0 Å². The van der Waals surface area contributed by atoms with Gasteiger partial charge < -0.3 is 14.9 Å². The number of hydrogen-bond donors (Lipinski definition) is 2. The van der Waals surface area contributed by atoms with Gasteiger partial charge in [0.25, 0.3) is 0 Å². The number of carbonyl (C=O) groups excluding carboxylic acids is 1. The van der Waals surface area contributed by atoms with Crippen LogP contribution in [0, 0.1) is 0 Å². The summed E-state index contributed by atoms with van der Waals surface area (Å²) in [5, 5.41) is 19.4. The third-order valence-electron chi connectivity index (χ3n) is 5.24. The Hall–Kier alpha value is -2.75. The van der Waals surface area contributed by atoms with Crippen LogP contribution >= 0.6 is 0 Å². The largest absolute Gasteiger partial charge is 0.504 e. The number of rotatable bonds is 12. The highest BCUT2D eigenvalue weighted by molar-refractivity contribution is 5.70. The van der Waals surface area contributed by atoms with E-state index in [1.165, 1.54) is 41.3 Å². The monoisotopic (exact) mass is 440 g/mol. The average molecular weight is 441 g/mol. The first-order chi connectivity index (χ1) is 15.1. The molecule has 0 heterocycles. The zero-order valence-electron chi connectivity index (χ0n) is 20.6. The molecular formula is C28H40O4. The van der Waals surface area contributed by atoms with Crippen LogP contribution in [-0.4, -0.2) is 16.2 Å². The number of esters is 1. The van der Waals surface area contributed by atoms with Gasteiger partial charge in [0, 0.05) is 18.6 Å². The van der Waals surface area contributed by atoms with E-state index in [0.29, 0.717) is 12.0 Å². The van der Waals surface area contributed by atoms with Gasteiger partial charge in [-0.3, -0.25) is 4.79 Å². The van der Waals surface area contributed by atoms with Crippen molar-refractivity contribution in [3.63, 3.8) is 0 Å². The number of hydrogen-bond acceptors (Lipinski definition) is 4. The van der Waals surface area contributed by atoms with Crippen molar-refractivity contribution in [3.8, 4) is 17.2 Å². The van der Waals surface area contributed by atoms with Crippen molar-refractivity contribution < 1.29 is 19.7 Å². The fourth-order valence-corrected chi connectivity index (χ4v) is 3.28. The van der Waals surface area contributed by atoms with Crippen molar-refractivity contribution in [3.05, 3.63) is 64.3 Å². The Morgan fingerprint density at radius 1 is 0.750 bits per heavy atom. The lowest BCUT2D eigenvalue weighted by atomic mass is 10.0. The van der Waals surface area contributed by atoms with Gasteiger partial charge in [0.05, 0.1) is 0 Å². The molecule has 0 saturated heterocycles. The summed E-state index contributed by atoms with van der Waals surface area (Å²) in [5.41, 5.74) is 6.14. The molecule has 1 rings (SSSR count). The number of carbonyl (C=O) groups is 1. The molecule has 0 saturated carbocycles. The molecule has 0 radical (unpaired) electrons. The van der Waals surface area contributed by atoms with Crippen LogP contribution in [0.2, 0.25) is 0 Å². The summed E-state index contributed by atoms with van der Waals surface area (Å²) >= 11 is 0. The first-order valence-corrected chi connectivity index (χ1v) is 11.4. The minimum Gasteiger partial charge on any atom is -0.504 e. The molecular weight excluding hydrogens is 400 g/mol. The van der Waals surface area contributed by atoms with Crippen LogP contribution in [0.1, 0.15) is 85.6 Å². The maximum absolute atomic E-state index is 11.3. The summed E-state index contributed by atoms with van der Waals surface area (Å²) in [6.45, 7) is 12.1. The second-order valence-corrected chi connectivity index (χ2v) is 8.80. The van der Waals surface area contributed by atoms with Crippen molar-refractivity contribution >= 4 is 5.97 Å². The van der Waals surface area contributed by atoms with Gasteiger partial charge in [0.2, 0.25) is 0 Å². The Kier molecular flexibility index (Phi) is 12.2. The van der Waals surface area contributed by atoms with Crippen molar-refractivity contribution in [2.45, 2.75) is 86.5 Å². The molecule has 1 aromatic carbocycles. The molecule has 1 aromatic rings. The average Bonchev–Trinajstić information content (AvgIpc) is 2.68. The maximum Gasteiger partial charge on any atom is 0.308 e. The quantitative estimate of drug-likeness (QED) is 0.151. The predicted molar refractivity (Wildman–Crippen MR) is 133 cm³/mol. The van der Waals surface area contributed by atoms with E-state index < -0.39 is 5.97 Å². The highest BCUT2D eigenvalue weighted by atomic mass is 16.5. The first kappa shape index (κ1) is 27.3. The van der Waals surface area contributed by atoms with Gasteiger partial charge >= 0.3 is 5.97 Å². The highest BCUT2D eigenvalue weighted by Crippen LogP contribution is 2.33. The van der Waals surface area contributed by atoms with E-state index in [0.717, 1.165) is 38.5 Å². The molecule has 0 bridgehead atoms. The Morgan fingerprint density at radius 2 is 1.22 bits per heavy atom. The minimum absolute atomic E-state index is 0.221. The Bertz CT molecular complexity index is 881. The summed E-state index contributed by atoms with van der Waals surface area (Å²) in [7, 11) is 0. The van der Waals surface area contributed by atoms with E-state index in [4.69, 9.17) is 4.74 Å². The smallest absolute Gasteiger partial charge is 0.308 e. The second-order valence-electron chi connectivity index (χ2n) is 8.80. The molecule has 0 aliphatic heterocycles. The lowest BCUT2D eigenvalue weighted by molar-refractivity contribution is -0.131. The van der Waals surface area contributed by atoms with Gasteiger partial charge in [-0.05, 0) is 85.6 Å². The number of phenolic OH excluding ortho intramolecular Hbond substituents is 2. The van der Waals surface area contributed by atoms with Crippen LogP contribution in [0.5, 0.6) is 17.2 Å². The molecule has 0 atom stereocenters. The van der Waals surface area contributed by atoms with Crippen molar-refractivity contribution in [1.29, 1.82) is 0 Å². The molecule has 0 spiro atoms. The molecule has 0 aliphatic rings. The fourth-order valence-electron chi connectivity index (χ4n) is 3.28. The third kappa shape index (κ3) is 11.6. The summed E-state index contributed by atoms with van der Waals surface area (Å²) in [5.74, 6) is -0.710. The van der Waals surface area contributed by atoms with Crippen molar-refractivity contribution in [1.82, 2.24) is 0 Å². The van der Waals surface area contributed by atoms with Gasteiger partial charge in [-0.25, -0.2) is 0 Å². The van der Waals surface area contributed by atoms with E-state index in [9.17, 15) is 15.0 Å². The zero-order chi connectivity index (χ0) is 24.1. The van der Waals surface area contributed by atoms with E-state index in [2.05, 4.69) is 58.9 Å². The Labute approximate surface area is 194 Å². The van der Waals surface area contributed by atoms with Gasteiger partial charge in [-0.1, -0.05) is 46.6 Å². The normalized spacial score (nSPS) is 12.6. The van der Waals surface area contributed by atoms with Gasteiger partial charge in [0.1, 0.15) is 5.75 Å². The molecule has 32 heavy (non-hydrogen) atoms. The standard InChI is InChI=1S/C28H40O4/c1-20(2)10-7-11-21(3)12-8-13-22(4)14-9-15-23(5)16-17-25-18-26(30)27(31)19-28(25)32-24(6)29/h10,12,14,16,18-19,30-31H,7-9,11,13,15,17H2,1-6H3. The van der Waals surface area contributed by atoms with Gasteiger partial charge in [-0.15, -0.1) is 0 Å². The van der Waals surface area contributed by atoms with E-state index in [1.807, 2.05) is 0 Å². The fraction of sp³-hybridized carbons (Fsp3) is 0.464. The number of aromatic hydroxyl groups is 2. The summed E-state index contributed by atoms with van der Waals surface area (Å²) in [6, 6.07) is 2.72. The second kappa shape index (κ2) is 14.3. The summed E-state index contributed by atoms with van der Waals surface area (Å²) < 4.78 is 5.16. The van der Waals surface area contributed by atoms with Crippen LogP contribution < -0.4 is 4.74 Å². The first-order valence-electron chi connectivity index (χ1n) is 11.4. The van der Waals surface area contributed by atoms with Gasteiger partial charge in [-0.2, -0.15) is 0 Å². The Morgan fingerprint density at radius 3 is 1.72 bits per heavy atom. The van der Waals surface area contributed by atoms with Gasteiger partial charge in [0.15, 0.2) is 11.5 Å². The molecule has 2 N–H and O–H groups in total. The number of phenols is 2. The van der Waals surface area contributed by atoms with E-state index in [-0.39, 0.29) is 17.2 Å².